The summed E-state index contributed by atoms with van der Waals surface area (Å²) >= 11 is 0. The number of aromatic hydroxyl groups is 1. The van der Waals surface area contributed by atoms with E-state index in [-0.39, 0.29) is 11.3 Å². The molecule has 0 unspecified atom stereocenters. The minimum absolute atomic E-state index is 0.294. The molecule has 0 fully saturated rings. The first kappa shape index (κ1) is 14.4. The molecule has 19 heavy (non-hydrogen) atoms. The highest BCUT2D eigenvalue weighted by Crippen LogP contribution is 2.41. The Labute approximate surface area is 107 Å². The Hall–Kier alpha value is -2.64. The third kappa shape index (κ3) is 2.46. The second kappa shape index (κ2) is 5.34. The molecule has 0 atom stereocenters. The van der Waals surface area contributed by atoms with Gasteiger partial charge in [-0.15, -0.1) is 0 Å². The number of esters is 1. The van der Waals surface area contributed by atoms with E-state index in [0.717, 1.165) is 27.2 Å². The van der Waals surface area contributed by atoms with Crippen molar-refractivity contribution in [1.82, 2.24) is 0 Å². The number of carbonyl (C=O) groups is 2. The van der Waals surface area contributed by atoms with Crippen LogP contribution in [0, 0.1) is 10.1 Å². The fourth-order valence-corrected chi connectivity index (χ4v) is 1.59. The second-order valence-electron chi connectivity index (χ2n) is 3.50. The minimum atomic E-state index is -0.957. The Bertz CT molecular complexity index is 565. The lowest BCUT2D eigenvalue weighted by Gasteiger charge is -2.10. The van der Waals surface area contributed by atoms with Crippen LogP contribution in [0.5, 0.6) is 11.5 Å². The molecule has 0 radical (unpaired) electrons. The van der Waals surface area contributed by atoms with E-state index in [0.29, 0.717) is 0 Å². The maximum atomic E-state index is 11.6. The van der Waals surface area contributed by atoms with E-state index in [4.69, 9.17) is 4.74 Å². The molecule has 0 saturated carbocycles. The lowest BCUT2D eigenvalue weighted by Crippen LogP contribution is -2.12. The van der Waals surface area contributed by atoms with E-state index in [1.807, 2.05) is 0 Å². The summed E-state index contributed by atoms with van der Waals surface area (Å²) in [6.45, 7) is 1.04. The zero-order valence-electron chi connectivity index (χ0n) is 10.4. The molecule has 8 nitrogen and oxygen atoms in total. The lowest BCUT2D eigenvalue weighted by molar-refractivity contribution is -0.386. The first-order valence-electron chi connectivity index (χ1n) is 5.02. The van der Waals surface area contributed by atoms with Crippen molar-refractivity contribution in [3.05, 3.63) is 27.3 Å². The number of nitro benzene ring substituents is 1. The summed E-state index contributed by atoms with van der Waals surface area (Å²) in [6, 6.07) is 1.02. The molecule has 8 heteroatoms. The second-order valence-corrected chi connectivity index (χ2v) is 3.50. The van der Waals surface area contributed by atoms with Gasteiger partial charge in [-0.25, -0.2) is 4.79 Å². The van der Waals surface area contributed by atoms with Crippen molar-refractivity contribution in [3.63, 3.8) is 0 Å². The molecule has 0 aliphatic heterocycles. The third-order valence-corrected chi connectivity index (χ3v) is 2.40. The highest BCUT2D eigenvalue weighted by atomic mass is 16.6. The van der Waals surface area contributed by atoms with Gasteiger partial charge in [0.05, 0.1) is 24.7 Å². The minimum Gasteiger partial charge on any atom is -0.499 e. The molecule has 0 saturated heterocycles. The topological polar surface area (TPSA) is 116 Å². The van der Waals surface area contributed by atoms with Crippen molar-refractivity contribution < 1.29 is 29.1 Å². The zero-order chi connectivity index (χ0) is 14.7. The van der Waals surface area contributed by atoms with Crippen LogP contribution in [-0.2, 0) is 4.74 Å². The molecule has 0 aromatic heterocycles. The van der Waals surface area contributed by atoms with Gasteiger partial charge in [0, 0.05) is 0 Å². The van der Waals surface area contributed by atoms with Gasteiger partial charge in [0.15, 0.2) is 11.5 Å². The number of rotatable bonds is 4. The number of hydrogen-bond donors (Lipinski definition) is 1. The number of carbonyl (C=O) groups excluding carboxylic acids is 2. The van der Waals surface area contributed by atoms with Crippen LogP contribution in [0.25, 0.3) is 0 Å². The largest absolute Gasteiger partial charge is 0.499 e. The number of Topliss-reactive ketones (excluding diaryl/α,β-unsaturated/α-hetero) is 1. The van der Waals surface area contributed by atoms with Crippen molar-refractivity contribution in [1.29, 1.82) is 0 Å². The average Bonchev–Trinajstić information content (AvgIpc) is 2.36. The summed E-state index contributed by atoms with van der Waals surface area (Å²) in [5, 5.41) is 20.7. The summed E-state index contributed by atoms with van der Waals surface area (Å²) in [7, 11) is 2.23. The standard InChI is InChI=1S/C11H11NO7/c1-5(13)8-6(11(15)19-3)4-7(18-2)10(14)9(8)12(16)17/h4,14H,1-3H3. The molecule has 102 valence electrons. The molecule has 1 N–H and O–H groups in total. The molecule has 0 heterocycles. The monoisotopic (exact) mass is 269 g/mol. The van der Waals surface area contributed by atoms with Crippen LogP contribution in [0.15, 0.2) is 6.07 Å². The van der Waals surface area contributed by atoms with E-state index in [9.17, 15) is 24.8 Å². The van der Waals surface area contributed by atoms with E-state index < -0.39 is 33.7 Å². The van der Waals surface area contributed by atoms with Crippen molar-refractivity contribution in [2.45, 2.75) is 6.92 Å². The normalized spacial score (nSPS) is 9.84. The number of phenolic OH excluding ortho intramolecular Hbond substituents is 1. The maximum absolute atomic E-state index is 11.6. The quantitative estimate of drug-likeness (QED) is 0.379. The molecule has 0 aliphatic rings. The summed E-state index contributed by atoms with van der Waals surface area (Å²) < 4.78 is 9.18. The van der Waals surface area contributed by atoms with Gasteiger partial charge in [-0.05, 0) is 13.0 Å². The number of ether oxygens (including phenoxy) is 2. The summed E-state index contributed by atoms with van der Waals surface area (Å²) in [4.78, 5) is 33.1. The average molecular weight is 269 g/mol. The fourth-order valence-electron chi connectivity index (χ4n) is 1.59. The van der Waals surface area contributed by atoms with Crippen LogP contribution in [0.4, 0.5) is 5.69 Å². The first-order chi connectivity index (χ1) is 8.84. The van der Waals surface area contributed by atoms with Crippen LogP contribution in [0.3, 0.4) is 0 Å². The van der Waals surface area contributed by atoms with Crippen LogP contribution < -0.4 is 4.74 Å². The Morgan fingerprint density at radius 2 is 1.95 bits per heavy atom. The Morgan fingerprint density at radius 1 is 1.37 bits per heavy atom. The van der Waals surface area contributed by atoms with Crippen molar-refractivity contribution in [3.8, 4) is 11.5 Å². The lowest BCUT2D eigenvalue weighted by atomic mass is 10.0. The maximum Gasteiger partial charge on any atom is 0.338 e. The number of methoxy groups -OCH3 is 2. The number of phenols is 1. The summed E-state index contributed by atoms with van der Waals surface area (Å²) in [5.74, 6) is -2.79. The smallest absolute Gasteiger partial charge is 0.338 e. The van der Waals surface area contributed by atoms with Gasteiger partial charge in [0.25, 0.3) is 0 Å². The van der Waals surface area contributed by atoms with Crippen LogP contribution in [0.2, 0.25) is 0 Å². The van der Waals surface area contributed by atoms with Gasteiger partial charge in [-0.3, -0.25) is 14.9 Å². The first-order valence-corrected chi connectivity index (χ1v) is 5.02. The van der Waals surface area contributed by atoms with Crippen LogP contribution >= 0.6 is 0 Å². The van der Waals surface area contributed by atoms with Crippen molar-refractivity contribution >= 4 is 17.4 Å². The van der Waals surface area contributed by atoms with Gasteiger partial charge < -0.3 is 14.6 Å². The summed E-state index contributed by atoms with van der Waals surface area (Å²) in [6.07, 6.45) is 0. The summed E-state index contributed by atoms with van der Waals surface area (Å²) in [5.41, 5.74) is -1.74. The molecule has 1 aromatic rings. The Morgan fingerprint density at radius 3 is 2.32 bits per heavy atom. The van der Waals surface area contributed by atoms with E-state index >= 15 is 0 Å². The van der Waals surface area contributed by atoms with Gasteiger partial charge in [-0.1, -0.05) is 0 Å². The van der Waals surface area contributed by atoms with Crippen LogP contribution in [0.1, 0.15) is 27.6 Å². The van der Waals surface area contributed by atoms with Crippen molar-refractivity contribution in [2.24, 2.45) is 0 Å². The molecule has 0 spiro atoms. The van der Waals surface area contributed by atoms with Crippen LogP contribution in [-0.4, -0.2) is 36.0 Å². The number of nitro groups is 1. The predicted octanol–water partition coefficient (Wildman–Crippen LogP) is 1.30. The Kier molecular flexibility index (Phi) is 4.05. The number of benzene rings is 1. The highest BCUT2D eigenvalue weighted by molar-refractivity contribution is 6.09. The van der Waals surface area contributed by atoms with Gasteiger partial charge in [-0.2, -0.15) is 0 Å². The SMILES string of the molecule is COC(=O)c1cc(OC)c(O)c([N+](=O)[O-])c1C(C)=O. The molecule has 0 amide bonds. The van der Waals surface area contributed by atoms with Gasteiger partial charge in [0.2, 0.25) is 5.75 Å². The van der Waals surface area contributed by atoms with Crippen molar-refractivity contribution in [2.75, 3.05) is 14.2 Å². The molecule has 0 bridgehead atoms. The van der Waals surface area contributed by atoms with E-state index in [1.54, 1.807) is 0 Å². The molecule has 1 rings (SSSR count). The van der Waals surface area contributed by atoms with E-state index in [2.05, 4.69) is 4.74 Å². The predicted molar refractivity (Wildman–Crippen MR) is 62.7 cm³/mol. The fraction of sp³-hybridized carbons (Fsp3) is 0.273. The Balaban J connectivity index is 3.81. The number of ketones is 1. The zero-order valence-corrected chi connectivity index (χ0v) is 10.4. The molecular weight excluding hydrogens is 258 g/mol. The molecule has 0 aliphatic carbocycles. The van der Waals surface area contributed by atoms with Gasteiger partial charge >= 0.3 is 11.7 Å². The van der Waals surface area contributed by atoms with Gasteiger partial charge in [0.1, 0.15) is 5.56 Å². The third-order valence-electron chi connectivity index (χ3n) is 2.40. The number of nitrogens with zero attached hydrogens (tertiary/aromatic N) is 1. The number of hydrogen-bond acceptors (Lipinski definition) is 7. The molecule has 1 aromatic carbocycles. The van der Waals surface area contributed by atoms with E-state index in [1.165, 1.54) is 0 Å². The highest BCUT2D eigenvalue weighted by Gasteiger charge is 2.32. The molecular formula is C11H11NO7.